The van der Waals surface area contributed by atoms with Crippen LogP contribution in [-0.4, -0.2) is 18.6 Å². The molecule has 3 heteroatoms. The maximum atomic E-state index is 11.7. The van der Waals surface area contributed by atoms with Gasteiger partial charge in [0.1, 0.15) is 5.75 Å². The lowest BCUT2D eigenvalue weighted by atomic mass is 10.1. The molecule has 1 aliphatic carbocycles. The normalized spacial score (nSPS) is 13.4. The van der Waals surface area contributed by atoms with Gasteiger partial charge in [-0.1, -0.05) is 19.9 Å². The van der Waals surface area contributed by atoms with Crippen LogP contribution in [0, 0.1) is 0 Å². The maximum absolute atomic E-state index is 11.7. The minimum atomic E-state index is -0.0331. The van der Waals surface area contributed by atoms with Crippen LogP contribution in [0.4, 0.5) is 0 Å². The van der Waals surface area contributed by atoms with Gasteiger partial charge in [-0.3, -0.25) is 4.79 Å². The highest BCUT2D eigenvalue weighted by Crippen LogP contribution is 2.25. The van der Waals surface area contributed by atoms with E-state index in [4.69, 9.17) is 4.74 Å². The van der Waals surface area contributed by atoms with Crippen molar-refractivity contribution in [1.82, 2.24) is 5.32 Å². The van der Waals surface area contributed by atoms with Crippen LogP contribution < -0.4 is 10.1 Å². The van der Waals surface area contributed by atoms with Gasteiger partial charge in [0.25, 0.3) is 5.91 Å². The fourth-order valence-corrected chi connectivity index (χ4v) is 2.55. The highest BCUT2D eigenvalue weighted by atomic mass is 16.5. The molecule has 1 aromatic rings. The summed E-state index contributed by atoms with van der Waals surface area (Å²) in [5, 5.41) is 2.97. The number of hydrogen-bond donors (Lipinski definition) is 1. The number of carbonyl (C=O) groups excluding carboxylic acids is 1. The van der Waals surface area contributed by atoms with Gasteiger partial charge in [-0.25, -0.2) is 0 Å². The van der Waals surface area contributed by atoms with E-state index in [1.54, 1.807) is 0 Å². The molecule has 0 aliphatic heterocycles. The van der Waals surface area contributed by atoms with Crippen molar-refractivity contribution in [2.75, 3.05) is 6.61 Å². The molecule has 1 amide bonds. The van der Waals surface area contributed by atoms with Crippen molar-refractivity contribution in [2.24, 2.45) is 0 Å². The molecule has 0 atom stereocenters. The lowest BCUT2D eigenvalue weighted by molar-refractivity contribution is -0.123. The first-order valence-electron chi connectivity index (χ1n) is 7.27. The minimum absolute atomic E-state index is 0.0331. The molecule has 1 N–H and O–H groups in total. The third-order valence-corrected chi connectivity index (χ3v) is 3.79. The molecule has 2 rings (SSSR count). The zero-order valence-corrected chi connectivity index (χ0v) is 11.9. The summed E-state index contributed by atoms with van der Waals surface area (Å²) in [6.45, 7) is 4.26. The van der Waals surface area contributed by atoms with Gasteiger partial charge in [0.2, 0.25) is 0 Å². The molecule has 0 saturated heterocycles. The molecule has 19 heavy (non-hydrogen) atoms. The van der Waals surface area contributed by atoms with Gasteiger partial charge < -0.3 is 10.1 Å². The first-order valence-corrected chi connectivity index (χ1v) is 7.27. The number of rotatable bonds is 6. The molecule has 0 unspecified atom stereocenters. The number of nitrogens with one attached hydrogen (secondary N) is 1. The zero-order chi connectivity index (χ0) is 13.7. The molecule has 0 aromatic heterocycles. The number of ether oxygens (including phenoxy) is 1. The Morgan fingerprint density at radius 3 is 2.74 bits per heavy atom. The van der Waals surface area contributed by atoms with E-state index in [2.05, 4.69) is 31.3 Å². The van der Waals surface area contributed by atoms with Crippen molar-refractivity contribution >= 4 is 5.91 Å². The first-order chi connectivity index (χ1) is 9.22. The van der Waals surface area contributed by atoms with Crippen molar-refractivity contribution in [3.05, 3.63) is 29.3 Å². The van der Waals surface area contributed by atoms with Crippen molar-refractivity contribution in [2.45, 2.75) is 52.0 Å². The Labute approximate surface area is 115 Å². The van der Waals surface area contributed by atoms with Gasteiger partial charge >= 0.3 is 0 Å². The quantitative estimate of drug-likeness (QED) is 0.855. The monoisotopic (exact) mass is 261 g/mol. The summed E-state index contributed by atoms with van der Waals surface area (Å²) < 4.78 is 5.57. The lowest BCUT2D eigenvalue weighted by Gasteiger charge is -2.15. The van der Waals surface area contributed by atoms with Crippen molar-refractivity contribution in [1.29, 1.82) is 0 Å². The van der Waals surface area contributed by atoms with E-state index in [1.807, 2.05) is 6.07 Å². The van der Waals surface area contributed by atoms with E-state index in [0.29, 0.717) is 0 Å². The Kier molecular flexibility index (Phi) is 4.83. The van der Waals surface area contributed by atoms with Crippen molar-refractivity contribution in [3.63, 3.8) is 0 Å². The number of benzene rings is 1. The second-order valence-corrected chi connectivity index (χ2v) is 5.15. The summed E-state index contributed by atoms with van der Waals surface area (Å²) >= 11 is 0. The highest BCUT2D eigenvalue weighted by molar-refractivity contribution is 5.77. The molecule has 104 valence electrons. The number of fused-ring (bicyclic) bond motifs is 1. The minimum Gasteiger partial charge on any atom is -0.484 e. The predicted molar refractivity (Wildman–Crippen MR) is 76.5 cm³/mol. The average Bonchev–Trinajstić information content (AvgIpc) is 2.89. The van der Waals surface area contributed by atoms with Crippen molar-refractivity contribution in [3.8, 4) is 5.75 Å². The molecule has 0 saturated carbocycles. The summed E-state index contributed by atoms with van der Waals surface area (Å²) in [4.78, 5) is 11.7. The predicted octanol–water partition coefficient (Wildman–Crippen LogP) is 2.86. The molecule has 1 aliphatic rings. The van der Waals surface area contributed by atoms with Crippen LogP contribution in [0.25, 0.3) is 0 Å². The molecule has 0 bridgehead atoms. The number of amides is 1. The maximum Gasteiger partial charge on any atom is 0.258 e. The van der Waals surface area contributed by atoms with E-state index >= 15 is 0 Å². The van der Waals surface area contributed by atoms with Crippen molar-refractivity contribution < 1.29 is 9.53 Å². The molecule has 1 aromatic carbocycles. The number of hydrogen-bond acceptors (Lipinski definition) is 2. The van der Waals surface area contributed by atoms with E-state index in [9.17, 15) is 4.79 Å². The van der Waals surface area contributed by atoms with Crippen LogP contribution in [-0.2, 0) is 17.6 Å². The molecule has 0 radical (unpaired) electrons. The summed E-state index contributed by atoms with van der Waals surface area (Å²) in [5.41, 5.74) is 2.80. The Morgan fingerprint density at radius 1 is 1.26 bits per heavy atom. The van der Waals surface area contributed by atoms with Crippen LogP contribution in [0.2, 0.25) is 0 Å². The Bertz CT molecular complexity index is 438. The molecular weight excluding hydrogens is 238 g/mol. The van der Waals surface area contributed by atoms with E-state index < -0.39 is 0 Å². The van der Waals surface area contributed by atoms with Gasteiger partial charge in [0.15, 0.2) is 6.61 Å². The van der Waals surface area contributed by atoms with E-state index in [0.717, 1.165) is 25.0 Å². The third-order valence-electron chi connectivity index (χ3n) is 3.79. The molecule has 3 nitrogen and oxygen atoms in total. The summed E-state index contributed by atoms with van der Waals surface area (Å²) in [6, 6.07) is 6.42. The van der Waals surface area contributed by atoms with Gasteiger partial charge in [0, 0.05) is 6.04 Å². The van der Waals surface area contributed by atoms with Gasteiger partial charge in [-0.15, -0.1) is 0 Å². The van der Waals surface area contributed by atoms with Crippen LogP contribution in [0.3, 0.4) is 0 Å². The summed E-state index contributed by atoms with van der Waals surface area (Å²) in [7, 11) is 0. The number of carbonyl (C=O) groups is 1. The van der Waals surface area contributed by atoms with Gasteiger partial charge in [-0.05, 0) is 55.4 Å². The first kappa shape index (κ1) is 13.9. The second kappa shape index (κ2) is 6.60. The molecule has 0 fully saturated rings. The Balaban J connectivity index is 1.83. The van der Waals surface area contributed by atoms with E-state index in [-0.39, 0.29) is 18.6 Å². The van der Waals surface area contributed by atoms with Gasteiger partial charge in [0.05, 0.1) is 0 Å². The summed E-state index contributed by atoms with van der Waals surface area (Å²) in [6.07, 6.45) is 5.45. The smallest absolute Gasteiger partial charge is 0.258 e. The van der Waals surface area contributed by atoms with Crippen LogP contribution in [0.1, 0.15) is 44.2 Å². The molecule has 0 heterocycles. The zero-order valence-electron chi connectivity index (χ0n) is 11.9. The lowest BCUT2D eigenvalue weighted by Crippen LogP contribution is -2.37. The van der Waals surface area contributed by atoms with Crippen LogP contribution in [0.15, 0.2) is 18.2 Å². The van der Waals surface area contributed by atoms with Crippen LogP contribution in [0.5, 0.6) is 5.75 Å². The molecule has 0 spiro atoms. The third kappa shape index (κ3) is 3.72. The second-order valence-electron chi connectivity index (χ2n) is 5.15. The Hall–Kier alpha value is -1.51. The Morgan fingerprint density at radius 2 is 2.00 bits per heavy atom. The standard InChI is InChI=1S/C16H23NO2/c1-3-14(4-2)17-16(18)11-19-15-9-8-12-6-5-7-13(12)10-15/h8-10,14H,3-7,11H2,1-2H3,(H,17,18). The number of aryl methyl sites for hydroxylation is 2. The topological polar surface area (TPSA) is 38.3 Å². The van der Waals surface area contributed by atoms with Gasteiger partial charge in [-0.2, -0.15) is 0 Å². The fourth-order valence-electron chi connectivity index (χ4n) is 2.55. The van der Waals surface area contributed by atoms with E-state index in [1.165, 1.54) is 24.0 Å². The largest absolute Gasteiger partial charge is 0.484 e. The average molecular weight is 261 g/mol. The summed E-state index contributed by atoms with van der Waals surface area (Å²) in [5.74, 6) is 0.773. The molecular formula is C16H23NO2. The van der Waals surface area contributed by atoms with Crippen LogP contribution >= 0.6 is 0 Å². The highest BCUT2D eigenvalue weighted by Gasteiger charge is 2.12. The fraction of sp³-hybridized carbons (Fsp3) is 0.562. The SMILES string of the molecule is CCC(CC)NC(=O)COc1ccc2c(c1)CCC2.